The zero-order valence-corrected chi connectivity index (χ0v) is 9.94. The molecule has 0 unspecified atom stereocenters. The highest BCUT2D eigenvalue weighted by Crippen LogP contribution is 1.90. The van der Waals surface area contributed by atoms with Crippen LogP contribution < -0.4 is 0 Å². The highest BCUT2D eigenvalue weighted by molar-refractivity contribution is 6.63. The molecule has 0 aromatic heterocycles. The molecule has 0 aliphatic carbocycles. The lowest BCUT2D eigenvalue weighted by Crippen LogP contribution is -2.24. The lowest BCUT2D eigenvalue weighted by atomic mass is 10.3. The maximum absolute atomic E-state index is 11.3. The minimum absolute atomic E-state index is 0.0301. The number of nitrogens with zero attached hydrogens (tertiary/aromatic N) is 2. The van der Waals surface area contributed by atoms with E-state index in [1.165, 1.54) is 6.92 Å². The number of hydrogen-bond donors (Lipinski definition) is 0. The highest BCUT2D eigenvalue weighted by Gasteiger charge is 2.18. The van der Waals surface area contributed by atoms with Gasteiger partial charge in [0.25, 0.3) is 5.78 Å². The van der Waals surface area contributed by atoms with Gasteiger partial charge >= 0.3 is 5.97 Å². The van der Waals surface area contributed by atoms with Gasteiger partial charge in [0.15, 0.2) is 0 Å². The second kappa shape index (κ2) is 7.56. The molecule has 0 saturated carbocycles. The number of Topliss-reactive ketones (excluding diaryl/α,β-unsaturated/α-hetero) is 1. The molecule has 0 fully saturated rings. The van der Waals surface area contributed by atoms with Gasteiger partial charge < -0.3 is 9.47 Å². The van der Waals surface area contributed by atoms with Gasteiger partial charge in [-0.2, -0.15) is 0 Å². The van der Waals surface area contributed by atoms with Gasteiger partial charge in [-0.15, -0.1) is 10.2 Å². The van der Waals surface area contributed by atoms with E-state index in [9.17, 15) is 9.59 Å². The fraction of sp³-hybridized carbons (Fsp3) is 0.600. The smallest absolute Gasteiger partial charge is 0.381 e. The van der Waals surface area contributed by atoms with Gasteiger partial charge in [0.1, 0.15) is 5.71 Å². The third kappa shape index (κ3) is 5.23. The van der Waals surface area contributed by atoms with Gasteiger partial charge in [-0.1, -0.05) is 0 Å². The molecule has 6 heteroatoms. The van der Waals surface area contributed by atoms with E-state index in [4.69, 9.17) is 4.74 Å². The van der Waals surface area contributed by atoms with E-state index in [0.29, 0.717) is 12.5 Å². The first kappa shape index (κ1) is 14.3. The van der Waals surface area contributed by atoms with Crippen LogP contribution in [0.25, 0.3) is 0 Å². The van der Waals surface area contributed by atoms with Crippen LogP contribution in [0, 0.1) is 0 Å². The number of rotatable bonds is 5. The predicted octanol–water partition coefficient (Wildman–Crippen LogP) is 0.949. The summed E-state index contributed by atoms with van der Waals surface area (Å²) < 4.78 is 9.53. The molecule has 0 aliphatic rings. The minimum Gasteiger partial charge on any atom is -0.480 e. The summed E-state index contributed by atoms with van der Waals surface area (Å²) in [5.41, 5.74) is -0.0301. The van der Waals surface area contributed by atoms with Gasteiger partial charge in [-0.25, -0.2) is 4.79 Å². The second-order valence-corrected chi connectivity index (χ2v) is 2.79. The Labute approximate surface area is 94.3 Å². The number of ketones is 1. The van der Waals surface area contributed by atoms with Crippen molar-refractivity contribution in [3.63, 3.8) is 0 Å². The monoisotopic (exact) mass is 228 g/mol. The maximum Gasteiger partial charge on any atom is 0.381 e. The Balaban J connectivity index is 4.48. The van der Waals surface area contributed by atoms with Gasteiger partial charge in [0.05, 0.1) is 13.2 Å². The number of carbonyl (C=O) groups excluding carboxylic acids is 2. The molecule has 90 valence electrons. The molecule has 0 N–H and O–H groups in total. The Morgan fingerprint density at radius 1 is 1.00 bits per heavy atom. The summed E-state index contributed by atoms with van der Waals surface area (Å²) in [5, 5.41) is 7.21. The van der Waals surface area contributed by atoms with Crippen molar-refractivity contribution in [1.82, 2.24) is 0 Å². The van der Waals surface area contributed by atoms with Crippen molar-refractivity contribution in [2.75, 3.05) is 13.2 Å². The highest BCUT2D eigenvalue weighted by atomic mass is 16.5. The molecule has 0 aromatic rings. The van der Waals surface area contributed by atoms with Gasteiger partial charge in [0.2, 0.25) is 5.90 Å². The molecule has 0 spiro atoms. The lowest BCUT2D eigenvalue weighted by molar-refractivity contribution is -0.150. The standard InChI is InChI=1S/C10H16N2O4/c1-5-15-8(4)12-11-7(3)9(13)10(14)16-6-2/h5-6H2,1-4H3/b11-7-,12-8-. The summed E-state index contributed by atoms with van der Waals surface area (Å²) in [6, 6.07) is 0. The summed E-state index contributed by atoms with van der Waals surface area (Å²) >= 11 is 0. The van der Waals surface area contributed by atoms with Crippen LogP contribution in [0.15, 0.2) is 10.2 Å². The molecule has 0 heterocycles. The molecular weight excluding hydrogens is 212 g/mol. The van der Waals surface area contributed by atoms with Crippen LogP contribution in [0.3, 0.4) is 0 Å². The second-order valence-electron chi connectivity index (χ2n) is 2.79. The SMILES string of the molecule is CCOC(=O)C(=O)/C(C)=N\N=C(\C)OCC. The van der Waals surface area contributed by atoms with Crippen LogP contribution >= 0.6 is 0 Å². The van der Waals surface area contributed by atoms with Crippen molar-refractivity contribution < 1.29 is 19.1 Å². The van der Waals surface area contributed by atoms with Crippen molar-refractivity contribution in [1.29, 1.82) is 0 Å². The average molecular weight is 228 g/mol. The summed E-state index contributed by atoms with van der Waals surface area (Å²) in [6.07, 6.45) is 0. The first-order valence-electron chi connectivity index (χ1n) is 4.96. The maximum atomic E-state index is 11.3. The quantitative estimate of drug-likeness (QED) is 0.231. The van der Waals surface area contributed by atoms with Crippen LogP contribution in [0.1, 0.15) is 27.7 Å². The van der Waals surface area contributed by atoms with Crippen molar-refractivity contribution >= 4 is 23.4 Å². The summed E-state index contributed by atoms with van der Waals surface area (Å²) in [5.74, 6) is -1.39. The van der Waals surface area contributed by atoms with Crippen LogP contribution in [0.5, 0.6) is 0 Å². The Morgan fingerprint density at radius 3 is 2.06 bits per heavy atom. The number of ether oxygens (including phenoxy) is 2. The summed E-state index contributed by atoms with van der Waals surface area (Å²) in [7, 11) is 0. The molecule has 0 saturated heterocycles. The molecule has 0 aliphatic heterocycles. The topological polar surface area (TPSA) is 77.3 Å². The third-order valence-corrected chi connectivity index (χ3v) is 1.48. The minimum atomic E-state index is -0.923. The van der Waals surface area contributed by atoms with E-state index in [2.05, 4.69) is 14.9 Å². The van der Waals surface area contributed by atoms with Crippen molar-refractivity contribution in [2.24, 2.45) is 10.2 Å². The summed E-state index contributed by atoms with van der Waals surface area (Å²) in [6.45, 7) is 7.04. The Hall–Kier alpha value is -1.72. The first-order valence-corrected chi connectivity index (χ1v) is 4.96. The predicted molar refractivity (Wildman–Crippen MR) is 59.5 cm³/mol. The first-order chi connectivity index (χ1) is 7.52. The fourth-order valence-corrected chi connectivity index (χ4v) is 0.773. The lowest BCUT2D eigenvalue weighted by Gasteiger charge is -2.00. The van der Waals surface area contributed by atoms with E-state index in [0.717, 1.165) is 0 Å². The zero-order valence-electron chi connectivity index (χ0n) is 9.94. The van der Waals surface area contributed by atoms with E-state index in [1.54, 1.807) is 20.8 Å². The van der Waals surface area contributed by atoms with E-state index in [1.807, 2.05) is 0 Å². The molecule has 0 aromatic carbocycles. The van der Waals surface area contributed by atoms with Crippen molar-refractivity contribution in [3.05, 3.63) is 0 Å². The normalized spacial score (nSPS) is 12.2. The molecule has 16 heavy (non-hydrogen) atoms. The van der Waals surface area contributed by atoms with Crippen molar-refractivity contribution in [2.45, 2.75) is 27.7 Å². The molecular formula is C10H16N2O4. The fourth-order valence-electron chi connectivity index (χ4n) is 0.773. The van der Waals surface area contributed by atoms with E-state index < -0.39 is 11.8 Å². The zero-order chi connectivity index (χ0) is 12.6. The number of carbonyl (C=O) groups is 2. The number of hydrogen-bond acceptors (Lipinski definition) is 6. The molecule has 0 radical (unpaired) electrons. The van der Waals surface area contributed by atoms with Crippen LogP contribution in [0.4, 0.5) is 0 Å². The third-order valence-electron chi connectivity index (χ3n) is 1.48. The van der Waals surface area contributed by atoms with E-state index in [-0.39, 0.29) is 12.3 Å². The number of esters is 1. The average Bonchev–Trinajstić information content (AvgIpc) is 2.25. The van der Waals surface area contributed by atoms with Gasteiger partial charge in [0, 0.05) is 6.92 Å². The summed E-state index contributed by atoms with van der Waals surface area (Å²) in [4.78, 5) is 22.3. The Kier molecular flexibility index (Phi) is 6.74. The molecule has 0 atom stereocenters. The largest absolute Gasteiger partial charge is 0.480 e. The van der Waals surface area contributed by atoms with Crippen LogP contribution in [-0.4, -0.2) is 36.6 Å². The molecule has 0 rings (SSSR count). The Bertz CT molecular complexity index is 321. The van der Waals surface area contributed by atoms with E-state index >= 15 is 0 Å². The van der Waals surface area contributed by atoms with Gasteiger partial charge in [-0.3, -0.25) is 4.79 Å². The van der Waals surface area contributed by atoms with Crippen molar-refractivity contribution in [3.8, 4) is 0 Å². The Morgan fingerprint density at radius 2 is 1.56 bits per heavy atom. The molecule has 6 nitrogen and oxygen atoms in total. The van der Waals surface area contributed by atoms with Gasteiger partial charge in [-0.05, 0) is 20.8 Å². The van der Waals surface area contributed by atoms with Crippen LogP contribution in [0.2, 0.25) is 0 Å². The molecule has 0 amide bonds. The van der Waals surface area contributed by atoms with Crippen LogP contribution in [-0.2, 0) is 19.1 Å². The molecule has 0 bridgehead atoms.